The lowest BCUT2D eigenvalue weighted by Gasteiger charge is -2.42. The number of fused-ring (bicyclic) bond motifs is 5. The molecule has 25 heavy (non-hydrogen) atoms. The van der Waals surface area contributed by atoms with Gasteiger partial charge in [-0.25, -0.2) is 0 Å². The number of amides is 1. The Hall–Kier alpha value is -2.82. The van der Waals surface area contributed by atoms with E-state index in [1.807, 2.05) is 51.9 Å². The molecule has 2 atom stereocenters. The van der Waals surface area contributed by atoms with Crippen LogP contribution in [0.15, 0.2) is 57.7 Å². The van der Waals surface area contributed by atoms with Gasteiger partial charge in [0.25, 0.3) is 11.5 Å². The number of para-hydroxylation sites is 1. The minimum atomic E-state index is -0.0578. The summed E-state index contributed by atoms with van der Waals surface area (Å²) in [5.41, 5.74) is 1.84. The summed E-state index contributed by atoms with van der Waals surface area (Å²) in [4.78, 5) is 26.9. The predicted octanol–water partition coefficient (Wildman–Crippen LogP) is 2.85. The zero-order valence-corrected chi connectivity index (χ0v) is 13.7. The molecule has 5 nitrogen and oxygen atoms in total. The molecule has 2 aliphatic heterocycles. The molecular weight excluding hydrogens is 316 g/mol. The summed E-state index contributed by atoms with van der Waals surface area (Å²) in [7, 11) is 0. The molecule has 2 aliphatic rings. The van der Waals surface area contributed by atoms with E-state index in [0.29, 0.717) is 31.3 Å². The Balaban J connectivity index is 1.46. The quantitative estimate of drug-likeness (QED) is 0.688. The van der Waals surface area contributed by atoms with Crippen LogP contribution in [0.2, 0.25) is 0 Å². The first kappa shape index (κ1) is 14.5. The first-order valence-corrected chi connectivity index (χ1v) is 8.66. The molecule has 4 heterocycles. The largest absolute Gasteiger partial charge is 0.451 e. The van der Waals surface area contributed by atoms with Gasteiger partial charge in [0.05, 0.1) is 0 Å². The van der Waals surface area contributed by atoms with E-state index in [4.69, 9.17) is 4.42 Å². The fourth-order valence-corrected chi connectivity index (χ4v) is 4.31. The fourth-order valence-electron chi connectivity index (χ4n) is 4.31. The number of carbonyl (C=O) groups excluding carboxylic acids is 1. The van der Waals surface area contributed by atoms with Crippen molar-refractivity contribution < 1.29 is 9.21 Å². The van der Waals surface area contributed by atoms with Gasteiger partial charge < -0.3 is 13.9 Å². The number of benzene rings is 1. The lowest BCUT2D eigenvalue weighted by molar-refractivity contribution is 0.0566. The van der Waals surface area contributed by atoms with Crippen LogP contribution in [0.4, 0.5) is 0 Å². The van der Waals surface area contributed by atoms with Crippen molar-refractivity contribution in [2.24, 2.45) is 5.92 Å². The fraction of sp³-hybridized carbons (Fsp3) is 0.300. The highest BCUT2D eigenvalue weighted by atomic mass is 16.3. The molecule has 1 fully saturated rings. The van der Waals surface area contributed by atoms with Crippen molar-refractivity contribution in [2.45, 2.75) is 18.9 Å². The average Bonchev–Trinajstić information content (AvgIpc) is 3.06. The van der Waals surface area contributed by atoms with Gasteiger partial charge in [-0.2, -0.15) is 0 Å². The van der Waals surface area contributed by atoms with Crippen molar-refractivity contribution in [2.75, 3.05) is 13.1 Å². The first-order chi connectivity index (χ1) is 12.2. The lowest BCUT2D eigenvalue weighted by Crippen LogP contribution is -2.49. The third-order valence-corrected chi connectivity index (χ3v) is 5.40. The minimum absolute atomic E-state index is 0.0578. The molecule has 1 unspecified atom stereocenters. The van der Waals surface area contributed by atoms with Crippen molar-refractivity contribution in [1.29, 1.82) is 0 Å². The highest BCUT2D eigenvalue weighted by molar-refractivity contribution is 5.96. The number of hydrogen-bond donors (Lipinski definition) is 0. The zero-order chi connectivity index (χ0) is 17.0. The van der Waals surface area contributed by atoms with Gasteiger partial charge in [-0.05, 0) is 30.5 Å². The summed E-state index contributed by atoms with van der Waals surface area (Å²) < 4.78 is 7.62. The second-order valence-electron chi connectivity index (χ2n) is 7.06. The molecule has 0 aliphatic carbocycles. The molecule has 0 N–H and O–H groups in total. The maximum atomic E-state index is 12.9. The van der Waals surface area contributed by atoms with Crippen LogP contribution in [0.5, 0.6) is 0 Å². The molecular formula is C20H18N2O3. The number of pyridine rings is 1. The maximum Gasteiger partial charge on any atom is 0.289 e. The van der Waals surface area contributed by atoms with Gasteiger partial charge in [0, 0.05) is 42.7 Å². The van der Waals surface area contributed by atoms with E-state index in [9.17, 15) is 9.59 Å². The number of rotatable bonds is 1. The van der Waals surface area contributed by atoms with Crippen LogP contribution in [0, 0.1) is 5.92 Å². The lowest BCUT2D eigenvalue weighted by atomic mass is 9.83. The van der Waals surface area contributed by atoms with E-state index < -0.39 is 0 Å². The number of likely N-dealkylation sites (tertiary alicyclic amines) is 1. The highest BCUT2D eigenvalue weighted by Gasteiger charge is 2.37. The Kier molecular flexibility index (Phi) is 3.10. The average molecular weight is 334 g/mol. The molecule has 1 aromatic carbocycles. The van der Waals surface area contributed by atoms with Gasteiger partial charge in [0.1, 0.15) is 5.58 Å². The summed E-state index contributed by atoms with van der Waals surface area (Å²) >= 11 is 0. The van der Waals surface area contributed by atoms with Crippen molar-refractivity contribution in [3.63, 3.8) is 0 Å². The van der Waals surface area contributed by atoms with Crippen molar-refractivity contribution in [3.8, 4) is 0 Å². The van der Waals surface area contributed by atoms with Crippen molar-refractivity contribution >= 4 is 16.9 Å². The van der Waals surface area contributed by atoms with Gasteiger partial charge in [0.2, 0.25) is 0 Å². The molecule has 126 valence electrons. The van der Waals surface area contributed by atoms with Crippen molar-refractivity contribution in [1.82, 2.24) is 9.47 Å². The highest BCUT2D eigenvalue weighted by Crippen LogP contribution is 2.35. The van der Waals surface area contributed by atoms with Crippen LogP contribution in [0.25, 0.3) is 11.0 Å². The number of piperidine rings is 1. The summed E-state index contributed by atoms with van der Waals surface area (Å²) in [6, 6.07) is 14.9. The molecule has 5 heteroatoms. The van der Waals surface area contributed by atoms with Crippen LogP contribution in [0.1, 0.15) is 28.6 Å². The molecule has 1 amide bonds. The number of nitrogens with zero attached hydrogens (tertiary/aromatic N) is 2. The molecule has 0 radical (unpaired) electrons. The number of carbonyl (C=O) groups is 1. The number of aromatic nitrogens is 1. The van der Waals surface area contributed by atoms with E-state index in [1.54, 1.807) is 6.07 Å². The Morgan fingerprint density at radius 3 is 2.80 bits per heavy atom. The minimum Gasteiger partial charge on any atom is -0.451 e. The predicted molar refractivity (Wildman–Crippen MR) is 93.7 cm³/mol. The molecule has 0 saturated carbocycles. The molecule has 0 spiro atoms. The van der Waals surface area contributed by atoms with E-state index in [0.717, 1.165) is 23.1 Å². The third kappa shape index (κ3) is 2.30. The summed E-state index contributed by atoms with van der Waals surface area (Å²) in [5.74, 6) is 0.874. The van der Waals surface area contributed by atoms with Gasteiger partial charge in [-0.3, -0.25) is 9.59 Å². The summed E-state index contributed by atoms with van der Waals surface area (Å²) in [6.45, 7) is 2.00. The first-order valence-electron chi connectivity index (χ1n) is 8.66. The second kappa shape index (κ2) is 5.34. The molecule has 1 saturated heterocycles. The van der Waals surface area contributed by atoms with Crippen molar-refractivity contribution in [3.05, 3.63) is 70.3 Å². The van der Waals surface area contributed by atoms with Crippen LogP contribution in [-0.4, -0.2) is 28.5 Å². The standard InChI is InChI=1S/C20H18N2O3/c23-19-7-3-5-16-15-8-13(11-22(16)19)10-21(12-15)20(24)18-9-14-4-1-2-6-17(14)25-18/h1-7,9,13,15H,8,10-12H2/t13-,15?/m0/s1. The van der Waals surface area contributed by atoms with Crippen LogP contribution >= 0.6 is 0 Å². The van der Waals surface area contributed by atoms with Gasteiger partial charge in [-0.1, -0.05) is 24.3 Å². The van der Waals surface area contributed by atoms with Crippen LogP contribution in [-0.2, 0) is 6.54 Å². The van der Waals surface area contributed by atoms with Gasteiger partial charge in [-0.15, -0.1) is 0 Å². The van der Waals surface area contributed by atoms with E-state index in [1.165, 1.54) is 0 Å². The van der Waals surface area contributed by atoms with Gasteiger partial charge in [0.15, 0.2) is 5.76 Å². The summed E-state index contributed by atoms with van der Waals surface area (Å²) in [6.07, 6.45) is 1.04. The number of furan rings is 1. The number of hydrogen-bond acceptors (Lipinski definition) is 3. The van der Waals surface area contributed by atoms with E-state index in [-0.39, 0.29) is 17.4 Å². The zero-order valence-electron chi connectivity index (χ0n) is 13.7. The Bertz CT molecular complexity index is 1000. The molecule has 5 rings (SSSR count). The van der Waals surface area contributed by atoms with Gasteiger partial charge >= 0.3 is 0 Å². The topological polar surface area (TPSA) is 55.5 Å². The summed E-state index contributed by atoms with van der Waals surface area (Å²) in [5, 5.41) is 0.944. The molecule has 2 bridgehead atoms. The Labute approximate surface area is 144 Å². The Morgan fingerprint density at radius 2 is 1.92 bits per heavy atom. The van der Waals surface area contributed by atoms with Crippen LogP contribution < -0.4 is 5.56 Å². The Morgan fingerprint density at radius 1 is 1.04 bits per heavy atom. The SMILES string of the molecule is O=C(c1cc2ccccc2o1)N1CC2C[C@@H](C1)Cn1c2cccc1=O. The normalized spacial score (nSPS) is 22.0. The smallest absolute Gasteiger partial charge is 0.289 e. The van der Waals surface area contributed by atoms with E-state index in [2.05, 4.69) is 0 Å². The maximum absolute atomic E-state index is 12.9. The third-order valence-electron chi connectivity index (χ3n) is 5.40. The molecule has 3 aromatic rings. The molecule has 2 aromatic heterocycles. The van der Waals surface area contributed by atoms with Crippen LogP contribution in [0.3, 0.4) is 0 Å². The monoisotopic (exact) mass is 334 g/mol. The second-order valence-corrected chi connectivity index (χ2v) is 7.06. The van der Waals surface area contributed by atoms with E-state index >= 15 is 0 Å².